The predicted molar refractivity (Wildman–Crippen MR) is 109 cm³/mol. The summed E-state index contributed by atoms with van der Waals surface area (Å²) < 4.78 is 27.9. The van der Waals surface area contributed by atoms with Crippen LogP contribution in [-0.2, 0) is 42.9 Å². The van der Waals surface area contributed by atoms with Crippen molar-refractivity contribution in [3.05, 3.63) is 47.5 Å². The second-order valence-electron chi connectivity index (χ2n) is 6.23. The summed E-state index contributed by atoms with van der Waals surface area (Å²) in [5, 5.41) is 0. The summed E-state index contributed by atoms with van der Waals surface area (Å²) in [7, 11) is 4.88. The van der Waals surface area contributed by atoms with Gasteiger partial charge in [-0.25, -0.2) is 19.2 Å². The van der Waals surface area contributed by atoms with Crippen LogP contribution in [0.4, 0.5) is 0 Å². The molecule has 32 heavy (non-hydrogen) atoms. The van der Waals surface area contributed by atoms with Crippen molar-refractivity contribution in [1.29, 1.82) is 0 Å². The quantitative estimate of drug-likeness (QED) is 0.215. The van der Waals surface area contributed by atoms with Gasteiger partial charge in [-0.2, -0.15) is 0 Å². The highest BCUT2D eigenvalue weighted by molar-refractivity contribution is 6.04. The lowest BCUT2D eigenvalue weighted by Gasteiger charge is -2.19. The minimum atomic E-state index is -0.874. The summed E-state index contributed by atoms with van der Waals surface area (Å²) in [6.07, 6.45) is 4.64. The van der Waals surface area contributed by atoms with Crippen molar-refractivity contribution in [2.24, 2.45) is 0 Å². The number of fused-ring (bicyclic) bond motifs is 2. The number of hydrogen-bond acceptors (Lipinski definition) is 10. The van der Waals surface area contributed by atoms with Crippen LogP contribution in [0.5, 0.6) is 0 Å². The van der Waals surface area contributed by atoms with Gasteiger partial charge in [0.15, 0.2) is 0 Å². The van der Waals surface area contributed by atoms with Crippen LogP contribution < -0.4 is 0 Å². The first-order chi connectivity index (χ1) is 15.1. The lowest BCUT2D eigenvalue weighted by molar-refractivity contribution is -0.139. The van der Waals surface area contributed by atoms with E-state index in [1.54, 1.807) is 25.3 Å². The van der Waals surface area contributed by atoms with Crippen molar-refractivity contribution in [2.45, 2.75) is 25.6 Å². The Balaban J connectivity index is 0.000000272. The van der Waals surface area contributed by atoms with E-state index in [1.807, 2.05) is 30.9 Å². The van der Waals surface area contributed by atoms with Crippen molar-refractivity contribution in [2.75, 3.05) is 28.4 Å². The van der Waals surface area contributed by atoms with Gasteiger partial charge in [0, 0.05) is 11.8 Å². The molecular weight excluding hydrogens is 424 g/mol. The largest absolute Gasteiger partial charge is 0.470 e. The predicted octanol–water partition coefficient (Wildman–Crippen LogP) is 1.28. The molecule has 172 valence electrons. The van der Waals surface area contributed by atoms with Crippen LogP contribution in [0.3, 0.4) is 0 Å². The Bertz CT molecular complexity index is 939. The van der Waals surface area contributed by atoms with Gasteiger partial charge in [-0.1, -0.05) is 6.08 Å². The Hall–Kier alpha value is -3.84. The Morgan fingerprint density at radius 2 is 1.50 bits per heavy atom. The third-order valence-electron chi connectivity index (χ3n) is 4.11. The molecule has 0 spiro atoms. The van der Waals surface area contributed by atoms with E-state index < -0.39 is 35.6 Å². The molecule has 2 aliphatic heterocycles. The maximum absolute atomic E-state index is 11.6. The van der Waals surface area contributed by atoms with Gasteiger partial charge in [-0.3, -0.25) is 0 Å². The molecule has 0 amide bonds. The maximum Gasteiger partial charge on any atom is 0.384 e. The number of furan rings is 1. The standard InChI is InChI=1S/C11H12O5.C6H6O4.C5H6O/c1-11-5-4-6(16-11)7(9(12)14-2)8(11)10(13)15-3;1-9-5(7)3-4-6(8)10-2;1-5-3-2-4-6-5/h4-6H,1-3H3;1-2H3;2-4H,1H3/t6-,11+;;/m1../s1. The molecule has 0 aromatic carbocycles. The normalized spacial score (nSPS) is 19.2. The van der Waals surface area contributed by atoms with Crippen molar-refractivity contribution in [1.82, 2.24) is 0 Å². The third kappa shape index (κ3) is 6.85. The van der Waals surface area contributed by atoms with Crippen LogP contribution >= 0.6 is 0 Å². The van der Waals surface area contributed by atoms with Gasteiger partial charge >= 0.3 is 23.9 Å². The van der Waals surface area contributed by atoms with E-state index in [9.17, 15) is 19.2 Å². The first-order valence-electron chi connectivity index (χ1n) is 9.09. The highest BCUT2D eigenvalue weighted by Crippen LogP contribution is 2.43. The molecule has 1 aromatic heterocycles. The molecule has 3 rings (SSSR count). The summed E-state index contributed by atoms with van der Waals surface area (Å²) in [5.74, 6) is 2.13. The lowest BCUT2D eigenvalue weighted by Crippen LogP contribution is -2.29. The van der Waals surface area contributed by atoms with Gasteiger partial charge in [-0.05, 0) is 32.1 Å². The molecule has 0 N–H and O–H groups in total. The molecular formula is C22H24O10. The van der Waals surface area contributed by atoms with Gasteiger partial charge in [0.25, 0.3) is 0 Å². The molecule has 2 bridgehead atoms. The molecule has 0 unspecified atom stereocenters. The van der Waals surface area contributed by atoms with E-state index in [0.29, 0.717) is 0 Å². The summed E-state index contributed by atoms with van der Waals surface area (Å²) >= 11 is 0. The fourth-order valence-electron chi connectivity index (χ4n) is 2.63. The first kappa shape index (κ1) is 26.2. The van der Waals surface area contributed by atoms with Crippen LogP contribution in [0.15, 0.2) is 46.1 Å². The SMILES string of the molecule is COC(=O)C#CC(=O)OC.COC(=O)C1=C(C(=O)OC)[C@]2(C)C=C[C@H]1O2.Cc1ccco1. The summed E-state index contributed by atoms with van der Waals surface area (Å²) in [6, 6.07) is 3.79. The van der Waals surface area contributed by atoms with Crippen molar-refractivity contribution >= 4 is 23.9 Å². The van der Waals surface area contributed by atoms with Crippen molar-refractivity contribution in [3.63, 3.8) is 0 Å². The fraction of sp³-hybridized carbons (Fsp3) is 0.364. The molecule has 0 aliphatic carbocycles. The average molecular weight is 448 g/mol. The molecule has 10 heteroatoms. The highest BCUT2D eigenvalue weighted by Gasteiger charge is 2.51. The minimum Gasteiger partial charge on any atom is -0.470 e. The Labute approximate surface area is 185 Å². The number of ether oxygens (including phenoxy) is 5. The summed E-state index contributed by atoms with van der Waals surface area (Å²) in [6.45, 7) is 3.63. The van der Waals surface area contributed by atoms with E-state index in [4.69, 9.17) is 9.15 Å². The number of aryl methyl sites for hydroxylation is 1. The molecule has 3 heterocycles. The van der Waals surface area contributed by atoms with Crippen LogP contribution in [0.25, 0.3) is 0 Å². The number of methoxy groups -OCH3 is 4. The Morgan fingerprint density at radius 3 is 1.88 bits per heavy atom. The van der Waals surface area contributed by atoms with Crippen LogP contribution in [0, 0.1) is 18.8 Å². The van der Waals surface area contributed by atoms with Gasteiger partial charge in [0.1, 0.15) is 17.5 Å². The van der Waals surface area contributed by atoms with Crippen LogP contribution in [0.2, 0.25) is 0 Å². The fourth-order valence-corrected chi connectivity index (χ4v) is 2.63. The molecule has 10 nitrogen and oxygen atoms in total. The number of rotatable bonds is 2. The van der Waals surface area contributed by atoms with E-state index in [1.165, 1.54) is 28.4 Å². The molecule has 0 radical (unpaired) electrons. The average Bonchev–Trinajstić information content (AvgIpc) is 3.50. The van der Waals surface area contributed by atoms with E-state index >= 15 is 0 Å². The van der Waals surface area contributed by atoms with Crippen LogP contribution in [0.1, 0.15) is 12.7 Å². The van der Waals surface area contributed by atoms with Crippen molar-refractivity contribution < 1.29 is 47.3 Å². The topological polar surface area (TPSA) is 128 Å². The zero-order chi connectivity index (χ0) is 24.3. The molecule has 2 aliphatic rings. The Morgan fingerprint density at radius 1 is 0.938 bits per heavy atom. The van der Waals surface area contributed by atoms with Gasteiger partial charge in [-0.15, -0.1) is 0 Å². The van der Waals surface area contributed by atoms with E-state index in [-0.39, 0.29) is 11.1 Å². The molecule has 1 aromatic rings. The summed E-state index contributed by atoms with van der Waals surface area (Å²) in [5.41, 5.74) is -0.407. The zero-order valence-corrected chi connectivity index (χ0v) is 18.5. The zero-order valence-electron chi connectivity index (χ0n) is 18.5. The second kappa shape index (κ2) is 12.1. The van der Waals surface area contributed by atoms with Crippen LogP contribution in [-0.4, -0.2) is 64.0 Å². The van der Waals surface area contributed by atoms with Gasteiger partial charge in [0.05, 0.1) is 45.8 Å². The number of esters is 4. The smallest absolute Gasteiger partial charge is 0.384 e. The minimum absolute atomic E-state index is 0.231. The number of hydrogen-bond donors (Lipinski definition) is 0. The maximum atomic E-state index is 11.6. The highest BCUT2D eigenvalue weighted by atomic mass is 16.6. The third-order valence-corrected chi connectivity index (χ3v) is 4.11. The number of carbonyl (C=O) groups is 4. The lowest BCUT2D eigenvalue weighted by atomic mass is 9.88. The molecule has 2 atom stereocenters. The monoisotopic (exact) mass is 448 g/mol. The van der Waals surface area contributed by atoms with E-state index in [2.05, 4.69) is 18.9 Å². The Kier molecular flexibility index (Phi) is 9.92. The first-order valence-corrected chi connectivity index (χ1v) is 9.09. The van der Waals surface area contributed by atoms with Gasteiger partial charge < -0.3 is 28.1 Å². The van der Waals surface area contributed by atoms with E-state index in [0.717, 1.165) is 5.76 Å². The molecule has 0 fully saturated rings. The second-order valence-corrected chi connectivity index (χ2v) is 6.23. The number of carbonyl (C=O) groups excluding carboxylic acids is 4. The molecule has 0 saturated carbocycles. The molecule has 0 saturated heterocycles. The van der Waals surface area contributed by atoms with Crippen molar-refractivity contribution in [3.8, 4) is 11.8 Å². The summed E-state index contributed by atoms with van der Waals surface area (Å²) in [4.78, 5) is 43.7. The van der Waals surface area contributed by atoms with Gasteiger partial charge in [0.2, 0.25) is 0 Å².